The summed E-state index contributed by atoms with van der Waals surface area (Å²) in [6.07, 6.45) is 7.13. The molecule has 1 saturated heterocycles. The molecule has 0 aromatic rings. The summed E-state index contributed by atoms with van der Waals surface area (Å²) >= 11 is 3.04. The first-order valence-electron chi connectivity index (χ1n) is 10.7. The normalized spacial score (nSPS) is 23.5. The lowest BCUT2D eigenvalue weighted by molar-refractivity contribution is -0.148. The zero-order valence-electron chi connectivity index (χ0n) is 19.1. The predicted molar refractivity (Wildman–Crippen MR) is 129 cm³/mol. The van der Waals surface area contributed by atoms with Crippen LogP contribution in [-0.2, 0) is 14.3 Å². The number of nitrogens with two attached hydrogens (primary N) is 1. The number of β-lactam (4-membered cyclic amide) rings is 1. The number of allylic oxidation sites excluding steroid dienone is 2. The number of carbonyl (C=O) groups is 3. The Bertz CT molecular complexity index is 1020. The monoisotopic (exact) mass is 508 g/mol. The summed E-state index contributed by atoms with van der Waals surface area (Å²) in [4.78, 5) is 39.0. The van der Waals surface area contributed by atoms with Crippen molar-refractivity contribution in [3.05, 3.63) is 46.7 Å². The number of hydrazine groups is 1. The Labute approximate surface area is 206 Å². The number of rotatable bonds is 7. The molecule has 4 heterocycles. The molecule has 0 aliphatic carbocycles. The highest BCUT2D eigenvalue weighted by atomic mass is 32.2. The molecule has 0 radical (unpaired) electrons. The topological polar surface area (TPSA) is 140 Å². The summed E-state index contributed by atoms with van der Waals surface area (Å²) < 4.78 is 5.22. The first kappa shape index (κ1) is 24.4. The van der Waals surface area contributed by atoms with Crippen molar-refractivity contribution in [1.82, 2.24) is 25.6 Å². The standard InChI is InChI=1S/C21H28N6O5S2/c1-21(2,3)32-20(31)23-6-9-33-13-4-5-14-25(7-8-26(14)24-13)10-12-11-34-18-15(22)17(28)27(18)16(12)19(29)30/h4-5,7-8,15,18,24H,6,9-11,22H2,1-3H3,(H,23,31)(H,29,30)/t15-,18+/m1/s1. The minimum Gasteiger partial charge on any atom is -0.477 e. The van der Waals surface area contributed by atoms with Gasteiger partial charge in [-0.05, 0) is 38.5 Å². The summed E-state index contributed by atoms with van der Waals surface area (Å²) in [6.45, 7) is 6.25. The maximum Gasteiger partial charge on any atom is 0.407 e. The number of carboxylic acids is 1. The first-order valence-corrected chi connectivity index (χ1v) is 12.8. The van der Waals surface area contributed by atoms with Crippen molar-refractivity contribution < 1.29 is 24.2 Å². The van der Waals surface area contributed by atoms with E-state index in [1.54, 1.807) is 11.8 Å². The van der Waals surface area contributed by atoms with Crippen LogP contribution in [0.2, 0.25) is 0 Å². The van der Waals surface area contributed by atoms with Crippen LogP contribution in [0, 0.1) is 0 Å². The summed E-state index contributed by atoms with van der Waals surface area (Å²) in [7, 11) is 0. The van der Waals surface area contributed by atoms with E-state index in [4.69, 9.17) is 10.5 Å². The molecule has 2 atom stereocenters. The van der Waals surface area contributed by atoms with Crippen molar-refractivity contribution in [2.75, 3.05) is 24.6 Å². The Morgan fingerprint density at radius 2 is 2.12 bits per heavy atom. The van der Waals surface area contributed by atoms with Gasteiger partial charge in [0.15, 0.2) is 0 Å². The van der Waals surface area contributed by atoms with Gasteiger partial charge in [0.1, 0.15) is 28.5 Å². The lowest BCUT2D eigenvalue weighted by atomic mass is 10.0. The molecule has 34 heavy (non-hydrogen) atoms. The van der Waals surface area contributed by atoms with E-state index in [-0.39, 0.29) is 17.0 Å². The van der Waals surface area contributed by atoms with E-state index in [0.29, 0.717) is 30.2 Å². The molecule has 1 fully saturated rings. The Morgan fingerprint density at radius 3 is 2.82 bits per heavy atom. The third-order valence-electron chi connectivity index (χ3n) is 5.23. The van der Waals surface area contributed by atoms with Crippen molar-refractivity contribution in [3.8, 4) is 0 Å². The van der Waals surface area contributed by atoms with Gasteiger partial charge >= 0.3 is 12.1 Å². The van der Waals surface area contributed by atoms with E-state index in [0.717, 1.165) is 10.9 Å². The van der Waals surface area contributed by atoms with Crippen LogP contribution in [0.1, 0.15) is 20.8 Å². The molecular formula is C21H28N6O5S2. The Balaban J connectivity index is 1.34. The Morgan fingerprint density at radius 1 is 1.35 bits per heavy atom. The second-order valence-corrected chi connectivity index (χ2v) is 11.2. The molecule has 4 aliphatic rings. The van der Waals surface area contributed by atoms with E-state index in [9.17, 15) is 19.5 Å². The van der Waals surface area contributed by atoms with Crippen molar-refractivity contribution >= 4 is 41.5 Å². The zero-order chi connectivity index (χ0) is 24.6. The van der Waals surface area contributed by atoms with E-state index < -0.39 is 23.7 Å². The fraction of sp³-hybridized carbons (Fsp3) is 0.476. The summed E-state index contributed by atoms with van der Waals surface area (Å²) in [5.41, 5.74) is 9.28. The second-order valence-electron chi connectivity index (χ2n) is 8.93. The van der Waals surface area contributed by atoms with Gasteiger partial charge in [0.05, 0.1) is 5.03 Å². The summed E-state index contributed by atoms with van der Waals surface area (Å²) in [6, 6.07) is -0.645. The third-order valence-corrected chi connectivity index (χ3v) is 7.54. The number of aliphatic carboxylic acids is 1. The van der Waals surface area contributed by atoms with Gasteiger partial charge in [-0.25, -0.2) is 14.6 Å². The van der Waals surface area contributed by atoms with Gasteiger partial charge in [-0.15, -0.1) is 23.5 Å². The number of alkyl carbamates (subject to hydrolysis) is 1. The molecule has 4 rings (SSSR count). The van der Waals surface area contributed by atoms with E-state index in [1.807, 2.05) is 55.2 Å². The van der Waals surface area contributed by atoms with Crippen LogP contribution in [0.4, 0.5) is 4.79 Å². The number of amides is 2. The van der Waals surface area contributed by atoms with Crippen LogP contribution in [0.5, 0.6) is 0 Å². The van der Waals surface area contributed by atoms with Gasteiger partial charge < -0.3 is 25.8 Å². The number of thioether (sulfide) groups is 2. The number of fused-ring (bicyclic) bond motifs is 2. The van der Waals surface area contributed by atoms with Crippen LogP contribution in [0.25, 0.3) is 0 Å². The molecule has 184 valence electrons. The molecule has 11 nitrogen and oxygen atoms in total. The predicted octanol–water partition coefficient (Wildman–Crippen LogP) is 1.12. The number of ether oxygens (including phenoxy) is 1. The van der Waals surface area contributed by atoms with Gasteiger partial charge in [-0.3, -0.25) is 15.1 Å². The maximum absolute atomic E-state index is 12.2. The third kappa shape index (κ3) is 5.00. The first-order chi connectivity index (χ1) is 16.0. The number of carboxylic acid groups (broad SMARTS) is 1. The van der Waals surface area contributed by atoms with Crippen LogP contribution < -0.4 is 16.5 Å². The summed E-state index contributed by atoms with van der Waals surface area (Å²) in [5, 5.41) is 14.9. The van der Waals surface area contributed by atoms with Gasteiger partial charge in [-0.1, -0.05) is 0 Å². The molecule has 0 aromatic heterocycles. The number of nitrogens with zero attached hydrogens (tertiary/aromatic N) is 3. The molecule has 0 bridgehead atoms. The Kier molecular flexibility index (Phi) is 6.78. The van der Waals surface area contributed by atoms with E-state index in [2.05, 4.69) is 10.7 Å². The molecule has 0 saturated carbocycles. The quantitative estimate of drug-likeness (QED) is 0.290. The molecule has 13 heteroatoms. The average molecular weight is 509 g/mol. The van der Waals surface area contributed by atoms with Crippen molar-refractivity contribution in [2.24, 2.45) is 5.73 Å². The molecule has 0 aromatic carbocycles. The van der Waals surface area contributed by atoms with Gasteiger partial charge in [0.2, 0.25) is 5.91 Å². The van der Waals surface area contributed by atoms with Crippen LogP contribution >= 0.6 is 23.5 Å². The van der Waals surface area contributed by atoms with E-state index >= 15 is 0 Å². The van der Waals surface area contributed by atoms with Crippen LogP contribution in [0.15, 0.2) is 46.7 Å². The van der Waals surface area contributed by atoms with Crippen molar-refractivity contribution in [2.45, 2.75) is 37.8 Å². The minimum absolute atomic E-state index is 0.0379. The average Bonchev–Trinajstić information content (AvgIpc) is 3.16. The zero-order valence-corrected chi connectivity index (χ0v) is 20.7. The molecule has 0 unspecified atom stereocenters. The largest absolute Gasteiger partial charge is 0.477 e. The fourth-order valence-electron chi connectivity index (χ4n) is 3.76. The maximum atomic E-state index is 12.2. The highest BCUT2D eigenvalue weighted by Crippen LogP contribution is 2.40. The van der Waals surface area contributed by atoms with Crippen molar-refractivity contribution in [1.29, 1.82) is 0 Å². The highest BCUT2D eigenvalue weighted by Gasteiger charge is 2.51. The number of hydrogen-bond acceptors (Lipinski definition) is 10. The van der Waals surface area contributed by atoms with Crippen molar-refractivity contribution in [3.63, 3.8) is 0 Å². The molecule has 0 spiro atoms. The molecule has 4 aliphatic heterocycles. The van der Waals surface area contributed by atoms with E-state index in [1.165, 1.54) is 16.7 Å². The molecule has 5 N–H and O–H groups in total. The van der Waals surface area contributed by atoms with Gasteiger partial charge in [0.25, 0.3) is 0 Å². The van der Waals surface area contributed by atoms with Gasteiger partial charge in [-0.2, -0.15) is 0 Å². The SMILES string of the molecule is CC(C)(C)OC(=O)NCCSC1=CC=C2N(CC3=C(C(=O)O)N4C(=O)[C@@H](N)[C@@H]4SC3)C=CN2N1. The minimum atomic E-state index is -1.12. The molecule has 2 amide bonds. The lowest BCUT2D eigenvalue weighted by Gasteiger charge is -2.48. The fourth-order valence-corrected chi connectivity index (χ4v) is 5.80. The highest BCUT2D eigenvalue weighted by molar-refractivity contribution is 8.03. The van der Waals surface area contributed by atoms with Gasteiger partial charge in [0, 0.05) is 37.0 Å². The lowest BCUT2D eigenvalue weighted by Crippen LogP contribution is -2.68. The Hall–Kier alpha value is -2.77. The number of hydrogen-bond donors (Lipinski definition) is 4. The summed E-state index contributed by atoms with van der Waals surface area (Å²) in [5.74, 6) is 0.523. The number of nitrogens with one attached hydrogen (secondary N) is 2. The van der Waals surface area contributed by atoms with Crippen LogP contribution in [-0.4, -0.2) is 79.5 Å². The van der Waals surface area contributed by atoms with Crippen LogP contribution in [0.3, 0.4) is 0 Å². The number of carbonyl (C=O) groups excluding carboxylic acids is 2. The smallest absolute Gasteiger partial charge is 0.407 e. The second kappa shape index (κ2) is 9.47. The molecular weight excluding hydrogens is 480 g/mol.